The van der Waals surface area contributed by atoms with Crippen LogP contribution in [0.5, 0.6) is 5.75 Å². The van der Waals surface area contributed by atoms with E-state index in [0.717, 1.165) is 0 Å². The van der Waals surface area contributed by atoms with Crippen molar-refractivity contribution in [2.75, 3.05) is 5.32 Å². The average Bonchev–Trinajstić information content (AvgIpc) is 2.48. The number of nitrogens with one attached hydrogen (secondary N) is 2. The fraction of sp³-hybridized carbons (Fsp3) is 0.176. The minimum absolute atomic E-state index is 0.0315. The summed E-state index contributed by atoms with van der Waals surface area (Å²) in [4.78, 5) is 12.2. The number of rotatable bonds is 4. The smallest absolute Gasteiger partial charge is 0.257 e. The number of thiocarbonyl (C=S) groups is 1. The first-order valence-corrected chi connectivity index (χ1v) is 8.39. The summed E-state index contributed by atoms with van der Waals surface area (Å²) in [6, 6.07) is 10.8. The van der Waals surface area contributed by atoms with Crippen molar-refractivity contribution in [3.05, 3.63) is 58.3 Å². The average molecular weight is 411 g/mol. The summed E-state index contributed by atoms with van der Waals surface area (Å²) in [5.74, 6) is -0.110. The molecule has 1 amide bonds. The van der Waals surface area contributed by atoms with Crippen molar-refractivity contribution in [3.8, 4) is 5.75 Å². The minimum atomic E-state index is -0.390. The fourth-order valence-corrected chi connectivity index (χ4v) is 2.58. The van der Waals surface area contributed by atoms with E-state index in [-0.39, 0.29) is 17.1 Å². The fourth-order valence-electron chi connectivity index (χ4n) is 1.90. The lowest BCUT2D eigenvalue weighted by molar-refractivity contribution is 0.0977. The molecule has 0 aliphatic heterocycles. The van der Waals surface area contributed by atoms with Gasteiger partial charge in [-0.25, -0.2) is 4.39 Å². The molecule has 2 aromatic rings. The van der Waals surface area contributed by atoms with Gasteiger partial charge in [0.15, 0.2) is 5.11 Å². The van der Waals surface area contributed by atoms with E-state index >= 15 is 0 Å². The molecule has 2 rings (SSSR count). The molecule has 0 heterocycles. The van der Waals surface area contributed by atoms with Crippen LogP contribution in [0.2, 0.25) is 0 Å². The molecule has 2 N–H and O–H groups in total. The summed E-state index contributed by atoms with van der Waals surface area (Å²) in [6.45, 7) is 3.84. The van der Waals surface area contributed by atoms with Gasteiger partial charge in [-0.05, 0) is 78.4 Å². The molecule has 24 heavy (non-hydrogen) atoms. The van der Waals surface area contributed by atoms with Crippen LogP contribution in [0.3, 0.4) is 0 Å². The standard InChI is InChI=1S/C17H16BrFN2O2S/c1-10(2)23-15-7-6-11(8-14(15)18)16(22)21-17(24)20-13-5-3-4-12(19)9-13/h3-10H,1-2H3,(H2,20,21,22,24). The number of amides is 1. The monoisotopic (exact) mass is 410 g/mol. The summed E-state index contributed by atoms with van der Waals surface area (Å²) in [5, 5.41) is 5.39. The normalized spacial score (nSPS) is 10.4. The number of anilines is 1. The molecule has 2 aromatic carbocycles. The van der Waals surface area contributed by atoms with Crippen molar-refractivity contribution in [2.45, 2.75) is 20.0 Å². The lowest BCUT2D eigenvalue weighted by Crippen LogP contribution is -2.34. The second-order valence-corrected chi connectivity index (χ2v) is 6.49. The van der Waals surface area contributed by atoms with Gasteiger partial charge in [-0.2, -0.15) is 0 Å². The lowest BCUT2D eigenvalue weighted by Gasteiger charge is -2.13. The predicted molar refractivity (Wildman–Crippen MR) is 100.0 cm³/mol. The lowest BCUT2D eigenvalue weighted by atomic mass is 10.2. The Kier molecular flexibility index (Phi) is 6.28. The van der Waals surface area contributed by atoms with Crippen LogP contribution in [-0.2, 0) is 0 Å². The molecule has 0 spiro atoms. The molecule has 4 nitrogen and oxygen atoms in total. The van der Waals surface area contributed by atoms with Crippen LogP contribution in [0.15, 0.2) is 46.9 Å². The third-order valence-electron chi connectivity index (χ3n) is 2.87. The van der Waals surface area contributed by atoms with Crippen molar-refractivity contribution >= 4 is 44.9 Å². The van der Waals surface area contributed by atoms with Gasteiger partial charge in [-0.15, -0.1) is 0 Å². The van der Waals surface area contributed by atoms with Crippen LogP contribution < -0.4 is 15.4 Å². The molecule has 7 heteroatoms. The van der Waals surface area contributed by atoms with Crippen LogP contribution in [0, 0.1) is 5.82 Å². The van der Waals surface area contributed by atoms with Crippen LogP contribution in [0.1, 0.15) is 24.2 Å². The molecule has 126 valence electrons. The number of hydrogen-bond acceptors (Lipinski definition) is 3. The maximum Gasteiger partial charge on any atom is 0.257 e. The number of hydrogen-bond donors (Lipinski definition) is 2. The molecule has 0 saturated carbocycles. The third kappa shape index (κ3) is 5.28. The highest BCUT2D eigenvalue weighted by Crippen LogP contribution is 2.27. The number of halogens is 2. The van der Waals surface area contributed by atoms with Gasteiger partial charge in [0.1, 0.15) is 11.6 Å². The Morgan fingerprint density at radius 2 is 2.00 bits per heavy atom. The number of carbonyl (C=O) groups excluding carboxylic acids is 1. The van der Waals surface area contributed by atoms with Crippen molar-refractivity contribution in [3.63, 3.8) is 0 Å². The maximum absolute atomic E-state index is 13.1. The van der Waals surface area contributed by atoms with Crippen molar-refractivity contribution < 1.29 is 13.9 Å². The SMILES string of the molecule is CC(C)Oc1ccc(C(=O)NC(=S)Nc2cccc(F)c2)cc1Br. The van der Waals surface area contributed by atoms with Gasteiger partial charge in [-0.1, -0.05) is 6.07 Å². The Morgan fingerprint density at radius 3 is 2.62 bits per heavy atom. The van der Waals surface area contributed by atoms with E-state index in [1.807, 2.05) is 13.8 Å². The Hall–Kier alpha value is -1.99. The quantitative estimate of drug-likeness (QED) is 0.728. The van der Waals surface area contributed by atoms with Gasteiger partial charge in [-0.3, -0.25) is 10.1 Å². The molecule has 0 bridgehead atoms. The van der Waals surface area contributed by atoms with E-state index in [1.54, 1.807) is 30.3 Å². The van der Waals surface area contributed by atoms with Crippen molar-refractivity contribution in [2.24, 2.45) is 0 Å². The molecule has 0 radical (unpaired) electrons. The molecule has 0 aromatic heterocycles. The minimum Gasteiger partial charge on any atom is -0.490 e. The Labute approximate surface area is 153 Å². The zero-order valence-corrected chi connectivity index (χ0v) is 15.5. The van der Waals surface area contributed by atoms with Crippen LogP contribution in [0.4, 0.5) is 10.1 Å². The summed E-state index contributed by atoms with van der Waals surface area (Å²) in [5.41, 5.74) is 0.878. The molecule has 0 aliphatic rings. The van der Waals surface area contributed by atoms with Gasteiger partial charge < -0.3 is 10.1 Å². The molecule has 0 saturated heterocycles. The second-order valence-electron chi connectivity index (χ2n) is 5.23. The summed E-state index contributed by atoms with van der Waals surface area (Å²) in [6.07, 6.45) is 0.0315. The predicted octanol–water partition coefficient (Wildman–Crippen LogP) is 4.50. The van der Waals surface area contributed by atoms with E-state index in [1.165, 1.54) is 12.1 Å². The van der Waals surface area contributed by atoms with E-state index in [4.69, 9.17) is 17.0 Å². The zero-order valence-electron chi connectivity index (χ0n) is 13.1. The van der Waals surface area contributed by atoms with Crippen molar-refractivity contribution in [1.29, 1.82) is 0 Å². The number of carbonyl (C=O) groups is 1. The molecule has 0 atom stereocenters. The first-order valence-electron chi connectivity index (χ1n) is 7.19. The van der Waals surface area contributed by atoms with E-state index in [9.17, 15) is 9.18 Å². The van der Waals surface area contributed by atoms with Crippen LogP contribution in [0.25, 0.3) is 0 Å². The third-order valence-corrected chi connectivity index (χ3v) is 3.69. The molecule has 0 aliphatic carbocycles. The Morgan fingerprint density at radius 1 is 1.25 bits per heavy atom. The molecular weight excluding hydrogens is 395 g/mol. The van der Waals surface area contributed by atoms with Gasteiger partial charge in [0, 0.05) is 11.3 Å². The number of ether oxygens (including phenoxy) is 1. The second kappa shape index (κ2) is 8.21. The first-order chi connectivity index (χ1) is 11.3. The Bertz CT molecular complexity index is 768. The van der Waals surface area contributed by atoms with Gasteiger partial charge in [0.25, 0.3) is 5.91 Å². The molecule has 0 unspecified atom stereocenters. The number of benzene rings is 2. The van der Waals surface area contributed by atoms with Gasteiger partial charge in [0.2, 0.25) is 0 Å². The van der Waals surface area contributed by atoms with Crippen molar-refractivity contribution in [1.82, 2.24) is 5.32 Å². The summed E-state index contributed by atoms with van der Waals surface area (Å²) >= 11 is 8.45. The highest BCUT2D eigenvalue weighted by atomic mass is 79.9. The van der Waals surface area contributed by atoms with E-state index in [0.29, 0.717) is 21.5 Å². The summed E-state index contributed by atoms with van der Waals surface area (Å²) in [7, 11) is 0. The zero-order chi connectivity index (χ0) is 17.7. The highest BCUT2D eigenvalue weighted by Gasteiger charge is 2.12. The van der Waals surface area contributed by atoms with E-state index < -0.39 is 5.82 Å². The van der Waals surface area contributed by atoms with Gasteiger partial charge >= 0.3 is 0 Å². The first kappa shape index (κ1) is 18.4. The molecule has 0 fully saturated rings. The summed E-state index contributed by atoms with van der Waals surface area (Å²) < 4.78 is 19.4. The largest absolute Gasteiger partial charge is 0.490 e. The topological polar surface area (TPSA) is 50.4 Å². The highest BCUT2D eigenvalue weighted by molar-refractivity contribution is 9.10. The Balaban J connectivity index is 2.01. The van der Waals surface area contributed by atoms with Gasteiger partial charge in [0.05, 0.1) is 10.6 Å². The van der Waals surface area contributed by atoms with Crippen LogP contribution in [-0.4, -0.2) is 17.1 Å². The van der Waals surface area contributed by atoms with Crippen LogP contribution >= 0.6 is 28.1 Å². The maximum atomic E-state index is 13.1. The molecular formula is C17H16BrFN2O2S. The van der Waals surface area contributed by atoms with E-state index in [2.05, 4.69) is 26.6 Å².